The summed E-state index contributed by atoms with van der Waals surface area (Å²) < 4.78 is 14.1. The number of pyridine rings is 1. The largest absolute Gasteiger partial charge is 0.370 e. The number of halogens is 1. The Hall–Kier alpha value is -3.48. The number of aryl methyl sites for hydroxylation is 3. The first-order valence-corrected chi connectivity index (χ1v) is 9.53. The van der Waals surface area contributed by atoms with E-state index in [0.29, 0.717) is 17.9 Å². The van der Waals surface area contributed by atoms with Crippen LogP contribution in [0.4, 0.5) is 21.8 Å². The Kier molecular flexibility index (Phi) is 5.12. The summed E-state index contributed by atoms with van der Waals surface area (Å²) in [4.78, 5) is 16.0. The molecular weight excluding hydrogens is 367 g/mol. The van der Waals surface area contributed by atoms with Gasteiger partial charge in [-0.25, -0.2) is 19.3 Å². The van der Waals surface area contributed by atoms with E-state index < -0.39 is 0 Å². The number of nitrogens with one attached hydrogen (secondary N) is 3. The van der Waals surface area contributed by atoms with Gasteiger partial charge in [0.15, 0.2) is 0 Å². The molecular formula is C22H23FN6. The summed E-state index contributed by atoms with van der Waals surface area (Å²) in [5.41, 5.74) is 4.89. The molecule has 1 aromatic carbocycles. The van der Waals surface area contributed by atoms with Gasteiger partial charge in [-0.3, -0.25) is 0 Å². The maximum Gasteiger partial charge on any atom is 0.147 e. The lowest BCUT2D eigenvalue weighted by Gasteiger charge is -2.09. The minimum atomic E-state index is -0.218. The van der Waals surface area contributed by atoms with Gasteiger partial charge in [-0.1, -0.05) is 6.07 Å². The van der Waals surface area contributed by atoms with Crippen LogP contribution < -0.4 is 10.6 Å². The molecule has 0 aliphatic heterocycles. The molecule has 0 fully saturated rings. The molecule has 4 aromatic rings. The summed E-state index contributed by atoms with van der Waals surface area (Å²) >= 11 is 0. The van der Waals surface area contributed by atoms with E-state index in [9.17, 15) is 4.39 Å². The van der Waals surface area contributed by atoms with Crippen molar-refractivity contribution in [1.29, 1.82) is 0 Å². The predicted octanol–water partition coefficient (Wildman–Crippen LogP) is 4.82. The highest BCUT2D eigenvalue weighted by atomic mass is 19.1. The van der Waals surface area contributed by atoms with Gasteiger partial charge in [-0.05, 0) is 62.1 Å². The van der Waals surface area contributed by atoms with Crippen molar-refractivity contribution < 1.29 is 4.39 Å². The van der Waals surface area contributed by atoms with Crippen LogP contribution in [0.2, 0.25) is 0 Å². The Morgan fingerprint density at radius 1 is 0.966 bits per heavy atom. The second kappa shape index (κ2) is 7.87. The van der Waals surface area contributed by atoms with Crippen LogP contribution in [0.3, 0.4) is 0 Å². The highest BCUT2D eigenvalue weighted by Crippen LogP contribution is 2.28. The predicted molar refractivity (Wildman–Crippen MR) is 114 cm³/mol. The van der Waals surface area contributed by atoms with E-state index in [4.69, 9.17) is 0 Å². The molecule has 3 heterocycles. The van der Waals surface area contributed by atoms with E-state index in [1.54, 1.807) is 6.20 Å². The Morgan fingerprint density at radius 3 is 2.59 bits per heavy atom. The number of nitrogens with zero attached hydrogens (tertiary/aromatic N) is 3. The van der Waals surface area contributed by atoms with Gasteiger partial charge in [-0.2, -0.15) is 0 Å². The molecule has 0 aliphatic rings. The highest BCUT2D eigenvalue weighted by Gasteiger charge is 2.13. The third kappa shape index (κ3) is 4.03. The van der Waals surface area contributed by atoms with Gasteiger partial charge in [0, 0.05) is 29.9 Å². The zero-order chi connectivity index (χ0) is 20.4. The number of hydrogen-bond acceptors (Lipinski definition) is 5. The second-order valence-corrected chi connectivity index (χ2v) is 7.15. The van der Waals surface area contributed by atoms with Gasteiger partial charge < -0.3 is 15.6 Å². The first kappa shape index (κ1) is 18.9. The Bertz CT molecular complexity index is 1170. The lowest BCUT2D eigenvalue weighted by Crippen LogP contribution is -2.08. The third-order valence-electron chi connectivity index (χ3n) is 4.95. The number of aromatic amines is 1. The molecule has 3 aromatic heterocycles. The molecule has 0 atom stereocenters. The zero-order valence-corrected chi connectivity index (χ0v) is 16.7. The number of hydrogen-bond donors (Lipinski definition) is 3. The fourth-order valence-electron chi connectivity index (χ4n) is 3.53. The van der Waals surface area contributed by atoms with Gasteiger partial charge >= 0.3 is 0 Å². The topological polar surface area (TPSA) is 78.5 Å². The molecule has 6 nitrogen and oxygen atoms in total. The number of aromatic nitrogens is 4. The van der Waals surface area contributed by atoms with Gasteiger partial charge in [0.2, 0.25) is 0 Å². The molecule has 29 heavy (non-hydrogen) atoms. The molecule has 0 spiro atoms. The van der Waals surface area contributed by atoms with Gasteiger partial charge in [0.25, 0.3) is 0 Å². The summed E-state index contributed by atoms with van der Waals surface area (Å²) in [6.45, 7) is 6.67. The first-order chi connectivity index (χ1) is 14.0. The average molecular weight is 390 g/mol. The smallest absolute Gasteiger partial charge is 0.147 e. The first-order valence-electron chi connectivity index (χ1n) is 9.53. The number of H-pyrrole nitrogens is 1. The highest BCUT2D eigenvalue weighted by molar-refractivity contribution is 5.88. The normalized spacial score (nSPS) is 11.0. The molecule has 0 saturated carbocycles. The van der Waals surface area contributed by atoms with Gasteiger partial charge in [-0.15, -0.1) is 0 Å². The van der Waals surface area contributed by atoms with Crippen molar-refractivity contribution in [2.45, 2.75) is 27.2 Å². The quantitative estimate of drug-likeness (QED) is 0.440. The lowest BCUT2D eigenvalue weighted by atomic mass is 10.0. The second-order valence-electron chi connectivity index (χ2n) is 7.15. The number of fused-ring (bicyclic) bond motifs is 1. The SMILES string of the molecule is Cc1ccnc(Nc2cc(NCCc3c(C)[nH]c4c(F)ccc(C)c34)ncn2)c1. The molecule has 7 heteroatoms. The van der Waals surface area contributed by atoms with Crippen molar-refractivity contribution in [1.82, 2.24) is 19.9 Å². The molecule has 3 N–H and O–H groups in total. The van der Waals surface area contributed by atoms with Crippen molar-refractivity contribution in [2.24, 2.45) is 0 Å². The molecule has 0 amide bonds. The molecule has 0 bridgehead atoms. The number of anilines is 3. The van der Waals surface area contributed by atoms with E-state index >= 15 is 0 Å². The molecule has 0 radical (unpaired) electrons. The average Bonchev–Trinajstić information content (AvgIpc) is 3.03. The Balaban J connectivity index is 1.46. The van der Waals surface area contributed by atoms with Crippen LogP contribution in [0.15, 0.2) is 42.9 Å². The van der Waals surface area contributed by atoms with Crippen LogP contribution in [0.1, 0.15) is 22.4 Å². The van der Waals surface area contributed by atoms with Gasteiger partial charge in [0.05, 0.1) is 5.52 Å². The standard InChI is InChI=1S/C22H23FN6/c1-13-6-8-25-19(10-13)29-20-11-18(26-12-27-20)24-9-7-16-15(3)28-22-17(23)5-4-14(2)21(16)22/h4-6,8,10-12,28H,7,9H2,1-3H3,(H2,24,25,26,27,29). The van der Waals surface area contributed by atoms with Crippen LogP contribution in [-0.2, 0) is 6.42 Å². The minimum absolute atomic E-state index is 0.218. The molecule has 0 saturated heterocycles. The summed E-state index contributed by atoms with van der Waals surface area (Å²) in [6, 6.07) is 9.07. The summed E-state index contributed by atoms with van der Waals surface area (Å²) in [6.07, 6.45) is 4.02. The third-order valence-corrected chi connectivity index (χ3v) is 4.95. The monoisotopic (exact) mass is 390 g/mol. The van der Waals surface area contributed by atoms with Crippen LogP contribution in [-0.4, -0.2) is 26.5 Å². The number of benzene rings is 1. The fourth-order valence-corrected chi connectivity index (χ4v) is 3.53. The van der Waals surface area contributed by atoms with E-state index in [2.05, 4.69) is 30.6 Å². The zero-order valence-electron chi connectivity index (χ0n) is 16.7. The molecule has 0 unspecified atom stereocenters. The molecule has 0 aliphatic carbocycles. The number of rotatable bonds is 6. The van der Waals surface area contributed by atoms with Crippen molar-refractivity contribution in [3.05, 3.63) is 71.1 Å². The van der Waals surface area contributed by atoms with E-state index in [0.717, 1.165) is 45.8 Å². The van der Waals surface area contributed by atoms with Crippen LogP contribution >= 0.6 is 0 Å². The van der Waals surface area contributed by atoms with Crippen molar-refractivity contribution in [3.63, 3.8) is 0 Å². The summed E-state index contributed by atoms with van der Waals surface area (Å²) in [5, 5.41) is 7.49. The van der Waals surface area contributed by atoms with E-state index in [-0.39, 0.29) is 5.82 Å². The lowest BCUT2D eigenvalue weighted by molar-refractivity contribution is 0.637. The van der Waals surface area contributed by atoms with Crippen molar-refractivity contribution in [2.75, 3.05) is 17.2 Å². The Morgan fingerprint density at radius 2 is 1.76 bits per heavy atom. The van der Waals surface area contributed by atoms with E-state index in [1.165, 1.54) is 12.4 Å². The fraction of sp³-hybridized carbons (Fsp3) is 0.227. The maximum atomic E-state index is 14.1. The maximum absolute atomic E-state index is 14.1. The summed E-state index contributed by atoms with van der Waals surface area (Å²) in [7, 11) is 0. The van der Waals surface area contributed by atoms with Gasteiger partial charge in [0.1, 0.15) is 29.6 Å². The van der Waals surface area contributed by atoms with Crippen LogP contribution in [0, 0.1) is 26.6 Å². The molecule has 4 rings (SSSR count). The van der Waals surface area contributed by atoms with Crippen molar-refractivity contribution in [3.8, 4) is 0 Å². The van der Waals surface area contributed by atoms with E-state index in [1.807, 2.05) is 45.0 Å². The van der Waals surface area contributed by atoms with Crippen molar-refractivity contribution >= 4 is 28.4 Å². The van der Waals surface area contributed by atoms with Crippen LogP contribution in [0.25, 0.3) is 10.9 Å². The Labute approximate surface area is 168 Å². The summed E-state index contributed by atoms with van der Waals surface area (Å²) in [5.74, 6) is 1.91. The molecule has 148 valence electrons. The minimum Gasteiger partial charge on any atom is -0.370 e. The van der Waals surface area contributed by atoms with Crippen LogP contribution in [0.5, 0.6) is 0 Å².